The van der Waals surface area contributed by atoms with Crippen molar-refractivity contribution in [1.29, 1.82) is 0 Å². The fraction of sp³-hybridized carbons (Fsp3) is 0.250. The minimum Gasteiger partial charge on any atom is -0.497 e. The number of hydrogen-bond acceptors (Lipinski definition) is 9. The van der Waals surface area contributed by atoms with E-state index in [2.05, 4.69) is 20.5 Å². The zero-order chi connectivity index (χ0) is 22.1. The number of amides is 1. The van der Waals surface area contributed by atoms with Gasteiger partial charge in [-0.25, -0.2) is 9.78 Å². The van der Waals surface area contributed by atoms with E-state index in [0.717, 1.165) is 39.2 Å². The minimum atomic E-state index is -0.473. The number of methoxy groups -OCH3 is 2. The molecule has 1 N–H and O–H groups in total. The molecule has 0 aliphatic carbocycles. The molecule has 0 aliphatic rings. The molecule has 0 atom stereocenters. The van der Waals surface area contributed by atoms with Crippen molar-refractivity contribution >= 4 is 56.7 Å². The molecule has 31 heavy (non-hydrogen) atoms. The first-order valence-corrected chi connectivity index (χ1v) is 11.0. The SMILES string of the molecule is COC(=O)c1sc(NC(=O)CSc2nnc3c(C)cc4cc(OC)ccc4n23)nc1C. The summed E-state index contributed by atoms with van der Waals surface area (Å²) in [7, 11) is 2.93. The third-order valence-corrected chi connectivity index (χ3v) is 6.56. The molecule has 4 aromatic rings. The lowest BCUT2D eigenvalue weighted by Gasteiger charge is -2.08. The van der Waals surface area contributed by atoms with Crippen LogP contribution in [0.2, 0.25) is 0 Å². The lowest BCUT2D eigenvalue weighted by Crippen LogP contribution is -2.14. The van der Waals surface area contributed by atoms with Crippen LogP contribution in [0.5, 0.6) is 5.75 Å². The van der Waals surface area contributed by atoms with Gasteiger partial charge in [0.25, 0.3) is 0 Å². The standard InChI is InChI=1S/C20H19N5O4S2/c1-10-7-12-8-13(28-3)5-6-14(12)25-17(10)23-24-20(25)30-9-15(26)22-19-21-11(2)16(31-19)18(27)29-4/h5-8H,9H2,1-4H3,(H,21,22,26). The molecule has 3 heterocycles. The zero-order valence-electron chi connectivity index (χ0n) is 17.3. The van der Waals surface area contributed by atoms with Gasteiger partial charge in [0.2, 0.25) is 5.91 Å². The zero-order valence-corrected chi connectivity index (χ0v) is 18.9. The smallest absolute Gasteiger partial charge is 0.350 e. The van der Waals surface area contributed by atoms with Crippen LogP contribution < -0.4 is 10.1 Å². The summed E-state index contributed by atoms with van der Waals surface area (Å²) in [5.41, 5.74) is 3.14. The van der Waals surface area contributed by atoms with Gasteiger partial charge in [0.15, 0.2) is 15.9 Å². The Balaban J connectivity index is 1.55. The number of ether oxygens (including phenoxy) is 2. The fourth-order valence-electron chi connectivity index (χ4n) is 3.13. The number of benzene rings is 1. The molecule has 1 amide bonds. The maximum absolute atomic E-state index is 12.5. The third-order valence-electron chi connectivity index (χ3n) is 4.58. The number of pyridine rings is 1. The summed E-state index contributed by atoms with van der Waals surface area (Å²) in [6.07, 6.45) is 0. The van der Waals surface area contributed by atoms with Gasteiger partial charge < -0.3 is 14.8 Å². The molecule has 3 aromatic heterocycles. The van der Waals surface area contributed by atoms with Crippen molar-refractivity contribution in [3.63, 3.8) is 0 Å². The van der Waals surface area contributed by atoms with E-state index in [4.69, 9.17) is 9.47 Å². The van der Waals surface area contributed by atoms with E-state index in [9.17, 15) is 9.59 Å². The number of aromatic nitrogens is 4. The van der Waals surface area contributed by atoms with Crippen molar-refractivity contribution in [2.45, 2.75) is 19.0 Å². The second-order valence-electron chi connectivity index (χ2n) is 6.66. The number of rotatable bonds is 6. The highest BCUT2D eigenvalue weighted by Gasteiger charge is 2.18. The Morgan fingerprint density at radius 3 is 2.74 bits per heavy atom. The maximum Gasteiger partial charge on any atom is 0.350 e. The molecule has 0 spiro atoms. The molecule has 0 fully saturated rings. The molecule has 9 nitrogen and oxygen atoms in total. The molecule has 11 heteroatoms. The van der Waals surface area contributed by atoms with Crippen molar-refractivity contribution in [1.82, 2.24) is 19.6 Å². The van der Waals surface area contributed by atoms with Crippen molar-refractivity contribution in [2.24, 2.45) is 0 Å². The number of thiazole rings is 1. The summed E-state index contributed by atoms with van der Waals surface area (Å²) in [6.45, 7) is 3.66. The van der Waals surface area contributed by atoms with E-state index >= 15 is 0 Å². The number of aryl methyl sites for hydroxylation is 2. The Kier molecular flexibility index (Phi) is 5.79. The van der Waals surface area contributed by atoms with Crippen molar-refractivity contribution in [2.75, 3.05) is 25.3 Å². The highest BCUT2D eigenvalue weighted by Crippen LogP contribution is 2.28. The Morgan fingerprint density at radius 1 is 1.19 bits per heavy atom. The average Bonchev–Trinajstić information content (AvgIpc) is 3.35. The van der Waals surface area contributed by atoms with Crippen LogP contribution in [-0.4, -0.2) is 51.4 Å². The largest absolute Gasteiger partial charge is 0.497 e. The molecule has 0 saturated carbocycles. The molecule has 0 bridgehead atoms. The molecule has 0 saturated heterocycles. The number of carbonyl (C=O) groups is 2. The van der Waals surface area contributed by atoms with Crippen LogP contribution in [0.25, 0.3) is 16.6 Å². The van der Waals surface area contributed by atoms with Gasteiger partial charge in [-0.15, -0.1) is 10.2 Å². The maximum atomic E-state index is 12.5. The minimum absolute atomic E-state index is 0.110. The van der Waals surface area contributed by atoms with Gasteiger partial charge in [-0.3, -0.25) is 9.20 Å². The van der Waals surface area contributed by atoms with Crippen LogP contribution in [0.15, 0.2) is 29.4 Å². The average molecular weight is 458 g/mol. The second-order valence-corrected chi connectivity index (χ2v) is 8.60. The first-order valence-electron chi connectivity index (χ1n) is 9.22. The third kappa shape index (κ3) is 4.06. The van der Waals surface area contributed by atoms with Gasteiger partial charge in [-0.05, 0) is 43.7 Å². The van der Waals surface area contributed by atoms with E-state index in [0.29, 0.717) is 20.9 Å². The number of anilines is 1. The predicted molar refractivity (Wildman–Crippen MR) is 119 cm³/mol. The quantitative estimate of drug-likeness (QED) is 0.346. The van der Waals surface area contributed by atoms with Crippen LogP contribution in [0.1, 0.15) is 20.9 Å². The van der Waals surface area contributed by atoms with Gasteiger partial charge in [-0.1, -0.05) is 23.1 Å². The van der Waals surface area contributed by atoms with Gasteiger partial charge in [0.05, 0.1) is 31.2 Å². The van der Waals surface area contributed by atoms with E-state index in [-0.39, 0.29) is 11.7 Å². The number of fused-ring (bicyclic) bond motifs is 3. The van der Waals surface area contributed by atoms with Crippen LogP contribution in [-0.2, 0) is 9.53 Å². The van der Waals surface area contributed by atoms with E-state index in [1.165, 1.54) is 18.9 Å². The molecule has 0 radical (unpaired) electrons. The highest BCUT2D eigenvalue weighted by molar-refractivity contribution is 7.99. The topological polar surface area (TPSA) is 108 Å². The fourth-order valence-corrected chi connectivity index (χ4v) is 4.78. The lowest BCUT2D eigenvalue weighted by molar-refractivity contribution is -0.113. The van der Waals surface area contributed by atoms with E-state index in [1.54, 1.807) is 14.0 Å². The van der Waals surface area contributed by atoms with Crippen molar-refractivity contribution in [3.8, 4) is 5.75 Å². The van der Waals surface area contributed by atoms with Gasteiger partial charge >= 0.3 is 5.97 Å². The van der Waals surface area contributed by atoms with Gasteiger partial charge in [0.1, 0.15) is 10.6 Å². The summed E-state index contributed by atoms with van der Waals surface area (Å²) < 4.78 is 12.0. The molecular formula is C20H19N5O4S2. The van der Waals surface area contributed by atoms with Crippen molar-refractivity contribution in [3.05, 3.63) is 40.4 Å². The monoisotopic (exact) mass is 457 g/mol. The highest BCUT2D eigenvalue weighted by atomic mass is 32.2. The molecule has 0 aliphatic heterocycles. The predicted octanol–water partition coefficient (Wildman–Crippen LogP) is 3.48. The molecular weight excluding hydrogens is 438 g/mol. The first kappa shape index (κ1) is 21.1. The second kappa shape index (κ2) is 8.52. The van der Waals surface area contributed by atoms with Gasteiger partial charge in [-0.2, -0.15) is 0 Å². The Labute approximate surface area is 185 Å². The van der Waals surface area contributed by atoms with E-state index < -0.39 is 5.97 Å². The number of nitrogens with one attached hydrogen (secondary N) is 1. The number of hydrogen-bond donors (Lipinski definition) is 1. The normalized spacial score (nSPS) is 11.1. The molecule has 0 unspecified atom stereocenters. The number of thioether (sulfide) groups is 1. The van der Waals surface area contributed by atoms with Crippen molar-refractivity contribution < 1.29 is 19.1 Å². The summed E-state index contributed by atoms with van der Waals surface area (Å²) in [5.74, 6) is 0.140. The summed E-state index contributed by atoms with van der Waals surface area (Å²) in [5, 5.41) is 13.2. The summed E-state index contributed by atoms with van der Waals surface area (Å²) in [6, 6.07) is 7.81. The van der Waals surface area contributed by atoms with E-state index in [1.807, 2.05) is 35.6 Å². The lowest BCUT2D eigenvalue weighted by atomic mass is 10.1. The Hall–Kier alpha value is -3.18. The Bertz CT molecular complexity index is 1310. The molecule has 160 valence electrons. The van der Waals surface area contributed by atoms with Crippen LogP contribution in [0.3, 0.4) is 0 Å². The number of esters is 1. The van der Waals surface area contributed by atoms with Crippen LogP contribution in [0, 0.1) is 13.8 Å². The van der Waals surface area contributed by atoms with Crippen LogP contribution >= 0.6 is 23.1 Å². The number of nitrogens with zero attached hydrogens (tertiary/aromatic N) is 4. The first-order chi connectivity index (χ1) is 14.9. The summed E-state index contributed by atoms with van der Waals surface area (Å²) in [4.78, 5) is 28.8. The Morgan fingerprint density at radius 2 is 2.00 bits per heavy atom. The summed E-state index contributed by atoms with van der Waals surface area (Å²) >= 11 is 2.35. The number of carbonyl (C=O) groups excluding carboxylic acids is 2. The molecule has 4 rings (SSSR count). The van der Waals surface area contributed by atoms with Crippen LogP contribution in [0.4, 0.5) is 5.13 Å². The van der Waals surface area contributed by atoms with Gasteiger partial charge in [0, 0.05) is 5.39 Å². The molecule has 1 aromatic carbocycles.